The van der Waals surface area contributed by atoms with Crippen LogP contribution in [-0.4, -0.2) is 45.5 Å². The van der Waals surface area contributed by atoms with Crippen LogP contribution in [0.2, 0.25) is 5.02 Å². The van der Waals surface area contributed by atoms with E-state index < -0.39 is 5.97 Å². The summed E-state index contributed by atoms with van der Waals surface area (Å²) in [4.78, 5) is 24.0. The Morgan fingerprint density at radius 1 is 1.23 bits per heavy atom. The van der Waals surface area contributed by atoms with Crippen molar-refractivity contribution >= 4 is 52.3 Å². The molecule has 2 aromatic heterocycles. The van der Waals surface area contributed by atoms with E-state index in [1.807, 2.05) is 24.3 Å². The topological polar surface area (TPSA) is 117 Å². The number of thioether (sulfide) groups is 1. The van der Waals surface area contributed by atoms with Crippen molar-refractivity contribution < 1.29 is 28.6 Å². The molecule has 4 aromatic rings. The number of rotatable bonds is 9. The second-order valence-electron chi connectivity index (χ2n) is 7.17. The number of para-hydroxylation sites is 1. The van der Waals surface area contributed by atoms with Crippen LogP contribution in [0.15, 0.2) is 63.2 Å². The second-order valence-corrected chi connectivity index (χ2v) is 8.60. The fraction of sp³-hybridized carbons (Fsp3) is 0.167. The molecule has 0 bridgehead atoms. The number of esters is 1. The molecule has 0 unspecified atom stereocenters. The Morgan fingerprint density at radius 2 is 2.03 bits per heavy atom. The van der Waals surface area contributed by atoms with Crippen LogP contribution in [-0.2, 0) is 20.9 Å². The van der Waals surface area contributed by atoms with Crippen molar-refractivity contribution in [2.45, 2.75) is 18.7 Å². The molecule has 11 heteroatoms. The van der Waals surface area contributed by atoms with Gasteiger partial charge in [-0.3, -0.25) is 4.79 Å². The molecule has 180 valence electrons. The number of benzene rings is 2. The Balaban J connectivity index is 1.66. The summed E-state index contributed by atoms with van der Waals surface area (Å²) in [6, 6.07) is 12.3. The van der Waals surface area contributed by atoms with Gasteiger partial charge in [0, 0.05) is 27.7 Å². The highest BCUT2D eigenvalue weighted by atomic mass is 35.5. The molecule has 0 aliphatic heterocycles. The molecule has 0 fully saturated rings. The number of hydrogen-bond donors (Lipinski definition) is 1. The van der Waals surface area contributed by atoms with Crippen molar-refractivity contribution in [1.82, 2.24) is 14.8 Å². The van der Waals surface area contributed by atoms with Crippen molar-refractivity contribution in [2.24, 2.45) is 0 Å². The molecule has 2 heterocycles. The summed E-state index contributed by atoms with van der Waals surface area (Å²) in [5.41, 5.74) is 1.88. The van der Waals surface area contributed by atoms with E-state index in [1.165, 1.54) is 13.2 Å². The molecule has 0 saturated carbocycles. The lowest BCUT2D eigenvalue weighted by Crippen LogP contribution is -2.12. The molecule has 0 atom stereocenters. The quantitative estimate of drug-likeness (QED) is 0.184. The summed E-state index contributed by atoms with van der Waals surface area (Å²) in [7, 11) is 1.50. The van der Waals surface area contributed by atoms with E-state index in [0.29, 0.717) is 21.9 Å². The predicted molar refractivity (Wildman–Crippen MR) is 131 cm³/mol. The average Bonchev–Trinajstić information content (AvgIpc) is 3.44. The molecule has 1 N–H and O–H groups in total. The van der Waals surface area contributed by atoms with Gasteiger partial charge in [-0.1, -0.05) is 29.8 Å². The number of aromatic nitrogens is 3. The number of ether oxygens (including phenoxy) is 2. The fourth-order valence-corrected chi connectivity index (χ4v) is 4.28. The summed E-state index contributed by atoms with van der Waals surface area (Å²) < 4.78 is 17.8. The van der Waals surface area contributed by atoms with E-state index in [-0.39, 0.29) is 35.1 Å². The third kappa shape index (κ3) is 5.50. The highest BCUT2D eigenvalue weighted by molar-refractivity contribution is 8.03. The largest absolute Gasteiger partial charge is 0.496 e. The van der Waals surface area contributed by atoms with Crippen LogP contribution in [0.3, 0.4) is 0 Å². The maximum absolute atomic E-state index is 12.0. The Morgan fingerprint density at radius 3 is 2.77 bits per heavy atom. The van der Waals surface area contributed by atoms with Gasteiger partial charge in [0.25, 0.3) is 11.1 Å². The number of methoxy groups -OCH3 is 1. The van der Waals surface area contributed by atoms with E-state index >= 15 is 0 Å². The first-order valence-electron chi connectivity index (χ1n) is 10.4. The zero-order chi connectivity index (χ0) is 24.9. The fourth-order valence-electron chi connectivity index (χ4n) is 3.44. The van der Waals surface area contributed by atoms with Crippen molar-refractivity contribution in [3.05, 3.63) is 64.2 Å². The standard InChI is InChI=1S/C24H20ClN3O6S/c1-3-33-21(29)13-28-12-14(16-6-4-5-7-18(16)28)10-20(23(30)31)35-24-27-26-22(34-24)17-11-15(25)8-9-19(17)32-2/h4-12H,3,13H2,1-2H3,(H,30,31)/b20-10-. The van der Waals surface area contributed by atoms with Crippen LogP contribution < -0.4 is 4.74 Å². The Bertz CT molecular complexity index is 1430. The van der Waals surface area contributed by atoms with Gasteiger partial charge < -0.3 is 23.6 Å². The summed E-state index contributed by atoms with van der Waals surface area (Å²) in [5, 5.41) is 19.1. The van der Waals surface area contributed by atoms with Gasteiger partial charge >= 0.3 is 11.9 Å². The molecule has 0 radical (unpaired) electrons. The zero-order valence-electron chi connectivity index (χ0n) is 18.7. The molecule has 9 nitrogen and oxygen atoms in total. The summed E-state index contributed by atoms with van der Waals surface area (Å²) >= 11 is 6.89. The number of carboxylic acids is 1. The summed E-state index contributed by atoms with van der Waals surface area (Å²) in [6.45, 7) is 2.02. The van der Waals surface area contributed by atoms with Crippen LogP contribution >= 0.6 is 23.4 Å². The van der Waals surface area contributed by atoms with Crippen LogP contribution in [0, 0.1) is 0 Å². The molecule has 0 aliphatic carbocycles. The molecule has 4 rings (SSSR count). The lowest BCUT2D eigenvalue weighted by atomic mass is 10.1. The minimum atomic E-state index is -1.17. The van der Waals surface area contributed by atoms with Gasteiger partial charge in [0.15, 0.2) is 0 Å². The first-order valence-corrected chi connectivity index (χ1v) is 11.6. The smallest absolute Gasteiger partial charge is 0.342 e. The lowest BCUT2D eigenvalue weighted by molar-refractivity contribution is -0.143. The molecular weight excluding hydrogens is 494 g/mol. The molecular formula is C24H20ClN3O6S. The minimum Gasteiger partial charge on any atom is -0.496 e. The Kier molecular flexibility index (Phi) is 7.42. The average molecular weight is 514 g/mol. The first kappa shape index (κ1) is 24.4. The number of carboxylic acid groups (broad SMARTS) is 1. The van der Waals surface area contributed by atoms with Gasteiger partial charge in [-0.05, 0) is 49.0 Å². The highest BCUT2D eigenvalue weighted by Gasteiger charge is 2.19. The second kappa shape index (κ2) is 10.7. The molecule has 0 saturated heterocycles. The zero-order valence-corrected chi connectivity index (χ0v) is 20.3. The van der Waals surface area contributed by atoms with Gasteiger partial charge in [0.05, 0.1) is 19.3 Å². The van der Waals surface area contributed by atoms with Gasteiger partial charge in [-0.2, -0.15) is 0 Å². The number of nitrogens with zero attached hydrogens (tertiary/aromatic N) is 3. The van der Waals surface area contributed by atoms with Crippen LogP contribution in [0.1, 0.15) is 12.5 Å². The van der Waals surface area contributed by atoms with E-state index in [1.54, 1.807) is 35.9 Å². The van der Waals surface area contributed by atoms with Gasteiger partial charge in [0.2, 0.25) is 0 Å². The monoisotopic (exact) mass is 513 g/mol. The SMILES string of the molecule is CCOC(=O)Cn1cc(/C=C(\Sc2nnc(-c3cc(Cl)ccc3OC)o2)C(=O)O)c2ccccc21. The maximum atomic E-state index is 12.0. The third-order valence-electron chi connectivity index (χ3n) is 4.92. The molecule has 0 amide bonds. The minimum absolute atomic E-state index is 0.00618. The Hall–Kier alpha value is -3.76. The van der Waals surface area contributed by atoms with E-state index in [9.17, 15) is 14.7 Å². The molecule has 0 spiro atoms. The number of fused-ring (bicyclic) bond motifs is 1. The highest BCUT2D eigenvalue weighted by Crippen LogP contribution is 2.35. The van der Waals surface area contributed by atoms with Crippen molar-refractivity contribution in [2.75, 3.05) is 13.7 Å². The molecule has 35 heavy (non-hydrogen) atoms. The van der Waals surface area contributed by atoms with Crippen LogP contribution in [0.5, 0.6) is 5.75 Å². The summed E-state index contributed by atoms with van der Waals surface area (Å²) in [5.74, 6) is -0.926. The van der Waals surface area contributed by atoms with Crippen molar-refractivity contribution in [1.29, 1.82) is 0 Å². The number of aliphatic carboxylic acids is 1. The summed E-state index contributed by atoms with van der Waals surface area (Å²) in [6.07, 6.45) is 3.21. The third-order valence-corrected chi connectivity index (χ3v) is 6.00. The molecule has 2 aromatic carbocycles. The number of halogens is 1. The van der Waals surface area contributed by atoms with Crippen LogP contribution in [0.25, 0.3) is 28.4 Å². The van der Waals surface area contributed by atoms with Gasteiger partial charge in [-0.15, -0.1) is 10.2 Å². The Labute approximate surface area is 209 Å². The van der Waals surface area contributed by atoms with Gasteiger partial charge in [-0.25, -0.2) is 4.79 Å². The van der Waals surface area contributed by atoms with E-state index in [4.69, 9.17) is 25.5 Å². The van der Waals surface area contributed by atoms with Crippen molar-refractivity contribution in [3.63, 3.8) is 0 Å². The van der Waals surface area contributed by atoms with Crippen molar-refractivity contribution in [3.8, 4) is 17.2 Å². The normalized spacial score (nSPS) is 11.6. The maximum Gasteiger partial charge on any atom is 0.342 e. The number of hydrogen-bond acceptors (Lipinski definition) is 8. The lowest BCUT2D eigenvalue weighted by Gasteiger charge is -2.04. The number of carbonyl (C=O) groups is 2. The van der Waals surface area contributed by atoms with E-state index in [2.05, 4.69) is 10.2 Å². The van der Waals surface area contributed by atoms with Gasteiger partial charge in [0.1, 0.15) is 17.2 Å². The first-order chi connectivity index (χ1) is 16.9. The van der Waals surface area contributed by atoms with Crippen LogP contribution in [0.4, 0.5) is 0 Å². The van der Waals surface area contributed by atoms with E-state index in [0.717, 1.165) is 22.7 Å². The number of carbonyl (C=O) groups excluding carboxylic acids is 1. The predicted octanol–water partition coefficient (Wildman–Crippen LogP) is 5.13. The molecule has 0 aliphatic rings.